The van der Waals surface area contributed by atoms with Crippen molar-refractivity contribution in [1.82, 2.24) is 30.2 Å². The molecule has 1 fully saturated rings. The molecule has 0 radical (unpaired) electrons. The minimum absolute atomic E-state index is 0.338. The van der Waals surface area contributed by atoms with Crippen LogP contribution in [0.2, 0.25) is 0 Å². The van der Waals surface area contributed by atoms with Gasteiger partial charge in [0.25, 0.3) is 0 Å². The molecule has 1 aliphatic heterocycles. The topological polar surface area (TPSA) is 82.6 Å². The molecule has 0 saturated carbocycles. The Bertz CT molecular complexity index is 1440. The Balaban J connectivity index is 1.45. The molecule has 1 aliphatic rings. The molecule has 158 valence electrons. The van der Waals surface area contributed by atoms with Gasteiger partial charge in [-0.1, -0.05) is 6.07 Å². The number of aromatic nitrogens is 5. The van der Waals surface area contributed by atoms with Crippen LogP contribution in [0, 0.1) is 5.82 Å². The summed E-state index contributed by atoms with van der Waals surface area (Å²) in [5.74, 6) is 0.0515. The average Bonchev–Trinajstić information content (AvgIpc) is 3.28. The maximum atomic E-state index is 15.0. The van der Waals surface area contributed by atoms with Gasteiger partial charge in [-0.15, -0.1) is 0 Å². The molecule has 0 bridgehead atoms. The quantitative estimate of drug-likeness (QED) is 0.458. The lowest BCUT2D eigenvalue weighted by Crippen LogP contribution is -2.44. The second-order valence-electron chi connectivity index (χ2n) is 7.82. The molecule has 6 rings (SSSR count). The third-order valence-corrected chi connectivity index (χ3v) is 5.91. The summed E-state index contributed by atoms with van der Waals surface area (Å²) in [4.78, 5) is 22.9. The van der Waals surface area contributed by atoms with Gasteiger partial charge in [0.1, 0.15) is 12.0 Å². The van der Waals surface area contributed by atoms with Crippen molar-refractivity contribution in [2.24, 2.45) is 0 Å². The molecule has 0 spiro atoms. The maximum Gasteiger partial charge on any atom is 0.166 e. The van der Waals surface area contributed by atoms with E-state index in [-0.39, 0.29) is 5.82 Å². The van der Waals surface area contributed by atoms with E-state index in [1.54, 1.807) is 12.4 Å². The van der Waals surface area contributed by atoms with Crippen molar-refractivity contribution < 1.29 is 4.39 Å². The van der Waals surface area contributed by atoms with Gasteiger partial charge in [0.15, 0.2) is 11.6 Å². The zero-order chi connectivity index (χ0) is 21.5. The zero-order valence-corrected chi connectivity index (χ0v) is 17.2. The first-order valence-corrected chi connectivity index (χ1v) is 10.6. The van der Waals surface area contributed by atoms with Crippen LogP contribution in [-0.2, 0) is 0 Å². The summed E-state index contributed by atoms with van der Waals surface area (Å²) in [7, 11) is 0. The van der Waals surface area contributed by atoms with E-state index in [9.17, 15) is 0 Å². The SMILES string of the molecule is Fc1cc(-c2ncnc3ccc(-c4c[nH]c5ncccc45)cc23)cnc1N1CCNCC1. The van der Waals surface area contributed by atoms with Gasteiger partial charge < -0.3 is 15.2 Å². The lowest BCUT2D eigenvalue weighted by Gasteiger charge is -2.28. The molecule has 7 nitrogen and oxygen atoms in total. The van der Waals surface area contributed by atoms with E-state index in [0.717, 1.165) is 59.2 Å². The van der Waals surface area contributed by atoms with Crippen molar-refractivity contribution >= 4 is 27.8 Å². The highest BCUT2D eigenvalue weighted by atomic mass is 19.1. The fourth-order valence-electron chi connectivity index (χ4n) is 4.32. The van der Waals surface area contributed by atoms with Crippen LogP contribution >= 0.6 is 0 Å². The number of rotatable bonds is 3. The first-order chi connectivity index (χ1) is 15.8. The number of piperazine rings is 1. The molecule has 5 aromatic rings. The van der Waals surface area contributed by atoms with E-state index >= 15 is 4.39 Å². The van der Waals surface area contributed by atoms with E-state index in [4.69, 9.17) is 0 Å². The molecule has 0 atom stereocenters. The number of fused-ring (bicyclic) bond motifs is 2. The summed E-state index contributed by atoms with van der Waals surface area (Å²) in [6.45, 7) is 3.13. The first-order valence-electron chi connectivity index (χ1n) is 10.6. The Labute approximate surface area is 183 Å². The van der Waals surface area contributed by atoms with Crippen LogP contribution in [0.1, 0.15) is 0 Å². The summed E-state index contributed by atoms with van der Waals surface area (Å²) in [5.41, 5.74) is 4.98. The second-order valence-corrected chi connectivity index (χ2v) is 7.82. The van der Waals surface area contributed by atoms with Gasteiger partial charge in [-0.25, -0.2) is 24.3 Å². The minimum atomic E-state index is -0.338. The van der Waals surface area contributed by atoms with Crippen molar-refractivity contribution in [1.29, 1.82) is 0 Å². The molecule has 1 saturated heterocycles. The molecule has 0 unspecified atom stereocenters. The lowest BCUT2D eigenvalue weighted by molar-refractivity contribution is 0.559. The zero-order valence-electron chi connectivity index (χ0n) is 17.2. The van der Waals surface area contributed by atoms with Crippen LogP contribution in [0.3, 0.4) is 0 Å². The highest BCUT2D eigenvalue weighted by Gasteiger charge is 2.18. The van der Waals surface area contributed by atoms with Crippen LogP contribution < -0.4 is 10.2 Å². The van der Waals surface area contributed by atoms with E-state index in [2.05, 4.69) is 30.2 Å². The van der Waals surface area contributed by atoms with Crippen molar-refractivity contribution in [2.75, 3.05) is 31.1 Å². The van der Waals surface area contributed by atoms with Crippen LogP contribution in [-0.4, -0.2) is 51.1 Å². The Hall–Kier alpha value is -3.91. The van der Waals surface area contributed by atoms with Crippen LogP contribution in [0.25, 0.3) is 44.3 Å². The molecular weight excluding hydrogens is 405 g/mol. The van der Waals surface area contributed by atoms with Gasteiger partial charge >= 0.3 is 0 Å². The van der Waals surface area contributed by atoms with Gasteiger partial charge in [0.05, 0.1) is 11.2 Å². The van der Waals surface area contributed by atoms with Crippen LogP contribution in [0.4, 0.5) is 10.2 Å². The molecular formula is C24H20FN7. The lowest BCUT2D eigenvalue weighted by atomic mass is 10.0. The largest absolute Gasteiger partial charge is 0.352 e. The fraction of sp³-hybridized carbons (Fsp3) is 0.167. The molecule has 8 heteroatoms. The molecule has 0 aliphatic carbocycles. The second kappa shape index (κ2) is 7.65. The number of anilines is 1. The third-order valence-electron chi connectivity index (χ3n) is 5.91. The molecule has 32 heavy (non-hydrogen) atoms. The Morgan fingerprint density at radius 3 is 2.69 bits per heavy atom. The molecule has 0 amide bonds. The van der Waals surface area contributed by atoms with E-state index in [0.29, 0.717) is 17.1 Å². The molecule has 5 heterocycles. The van der Waals surface area contributed by atoms with Gasteiger partial charge in [-0.2, -0.15) is 0 Å². The van der Waals surface area contributed by atoms with Gasteiger partial charge in [-0.05, 0) is 35.9 Å². The predicted octanol–water partition coefficient (Wildman–Crippen LogP) is 3.78. The van der Waals surface area contributed by atoms with Crippen molar-refractivity contribution in [3.8, 4) is 22.4 Å². The Kier molecular flexibility index (Phi) is 4.50. The number of aromatic amines is 1. The van der Waals surface area contributed by atoms with Gasteiger partial charge in [0, 0.05) is 66.7 Å². The van der Waals surface area contributed by atoms with Gasteiger partial charge in [-0.3, -0.25) is 0 Å². The van der Waals surface area contributed by atoms with E-state index in [1.165, 1.54) is 12.4 Å². The minimum Gasteiger partial charge on any atom is -0.352 e. The summed E-state index contributed by atoms with van der Waals surface area (Å²) < 4.78 is 15.0. The fourth-order valence-corrected chi connectivity index (χ4v) is 4.32. The van der Waals surface area contributed by atoms with Crippen LogP contribution in [0.5, 0.6) is 0 Å². The molecule has 4 aromatic heterocycles. The number of nitrogens with one attached hydrogen (secondary N) is 2. The van der Waals surface area contributed by atoms with Crippen molar-refractivity contribution in [3.05, 3.63) is 67.1 Å². The number of halogens is 1. The summed E-state index contributed by atoms with van der Waals surface area (Å²) in [6, 6.07) is 11.5. The molecule has 1 aromatic carbocycles. The highest BCUT2D eigenvalue weighted by molar-refractivity contribution is 5.99. The first kappa shape index (κ1) is 18.8. The average molecular weight is 425 g/mol. The van der Waals surface area contributed by atoms with E-state index < -0.39 is 0 Å². The summed E-state index contributed by atoms with van der Waals surface area (Å²) in [5, 5.41) is 5.16. The maximum absolute atomic E-state index is 15.0. The summed E-state index contributed by atoms with van der Waals surface area (Å²) >= 11 is 0. The molecule has 2 N–H and O–H groups in total. The standard InChI is InChI=1S/C24H20FN7/c25-20-11-16(12-29-24(20)32-8-6-26-7-9-32)22-18-10-15(3-4-21(18)30-14-31-22)19-13-28-23-17(19)2-1-5-27-23/h1-5,10-14,26H,6-9H2,(H,27,28). The van der Waals surface area contributed by atoms with Crippen LogP contribution in [0.15, 0.2) is 61.3 Å². The number of benzene rings is 1. The number of hydrogen-bond donors (Lipinski definition) is 2. The number of hydrogen-bond acceptors (Lipinski definition) is 6. The van der Waals surface area contributed by atoms with E-state index in [1.807, 2.05) is 41.4 Å². The number of pyridine rings is 2. The smallest absolute Gasteiger partial charge is 0.166 e. The Morgan fingerprint density at radius 2 is 1.81 bits per heavy atom. The number of H-pyrrole nitrogens is 1. The highest BCUT2D eigenvalue weighted by Crippen LogP contribution is 2.33. The van der Waals surface area contributed by atoms with Crippen molar-refractivity contribution in [2.45, 2.75) is 0 Å². The van der Waals surface area contributed by atoms with Crippen molar-refractivity contribution in [3.63, 3.8) is 0 Å². The number of nitrogens with zero attached hydrogens (tertiary/aromatic N) is 5. The Morgan fingerprint density at radius 1 is 0.906 bits per heavy atom. The summed E-state index contributed by atoms with van der Waals surface area (Å²) in [6.07, 6.45) is 6.92. The predicted molar refractivity (Wildman–Crippen MR) is 123 cm³/mol. The normalized spacial score (nSPS) is 14.3. The monoisotopic (exact) mass is 425 g/mol. The third kappa shape index (κ3) is 3.16. The van der Waals surface area contributed by atoms with Gasteiger partial charge in [0.2, 0.25) is 0 Å².